The van der Waals surface area contributed by atoms with Gasteiger partial charge in [0.2, 0.25) is 17.7 Å². The van der Waals surface area contributed by atoms with Crippen molar-refractivity contribution in [2.45, 2.75) is 127 Å². The minimum Gasteiger partial charge on any atom is -0.507 e. The molecule has 434 valence electrons. The maximum Gasteiger partial charge on any atom is 0.243 e. The quantitative estimate of drug-likeness (QED) is 0.0686. The lowest BCUT2D eigenvalue weighted by atomic mass is 9.91. The van der Waals surface area contributed by atoms with Crippen molar-refractivity contribution in [3.63, 3.8) is 0 Å². The number of thiazole rings is 1. The number of carbonyl (C=O) groups excluding carboxylic acids is 2. The number of para-hydroxylation sites is 1. The third-order valence-electron chi connectivity index (χ3n) is 17.9. The Labute approximate surface area is 483 Å². The van der Waals surface area contributed by atoms with E-state index in [1.54, 1.807) is 23.5 Å². The molecule has 82 heavy (non-hydrogen) atoms. The highest BCUT2D eigenvalue weighted by atomic mass is 32.1. The molecule has 6 aliphatic rings. The summed E-state index contributed by atoms with van der Waals surface area (Å²) in [5.74, 6) is 1.09. The predicted octanol–water partition coefficient (Wildman–Crippen LogP) is 6.90. The summed E-state index contributed by atoms with van der Waals surface area (Å²) in [6.07, 6.45) is 7.74. The van der Waals surface area contributed by atoms with Crippen LogP contribution in [-0.4, -0.2) is 177 Å². The molecule has 20 nitrogen and oxygen atoms in total. The van der Waals surface area contributed by atoms with Crippen LogP contribution in [0.25, 0.3) is 21.7 Å². The fourth-order valence-electron chi connectivity index (χ4n) is 13.2. The summed E-state index contributed by atoms with van der Waals surface area (Å²) >= 11 is 1.60. The highest BCUT2D eigenvalue weighted by molar-refractivity contribution is 7.13. The molecule has 1 aliphatic carbocycles. The number of benzene rings is 2. The number of amides is 2. The van der Waals surface area contributed by atoms with Gasteiger partial charge < -0.3 is 59.8 Å². The minimum atomic E-state index is -0.805. The van der Waals surface area contributed by atoms with Crippen molar-refractivity contribution in [2.24, 2.45) is 5.92 Å². The second-order valence-corrected chi connectivity index (χ2v) is 24.6. The first-order valence-corrected chi connectivity index (χ1v) is 30.3. The van der Waals surface area contributed by atoms with E-state index in [4.69, 9.17) is 19.7 Å². The normalized spacial score (nSPS) is 24.2. The van der Waals surface area contributed by atoms with E-state index >= 15 is 0 Å². The number of nitrogens with zero attached hydrogens (tertiary/aromatic N) is 11. The molecule has 6 fully saturated rings. The fourth-order valence-corrected chi connectivity index (χ4v) is 14.0. The van der Waals surface area contributed by atoms with Gasteiger partial charge in [-0.05, 0) is 80.8 Å². The molecule has 2 amide bonds. The van der Waals surface area contributed by atoms with Gasteiger partial charge in [0, 0.05) is 133 Å². The van der Waals surface area contributed by atoms with Crippen molar-refractivity contribution in [1.82, 2.24) is 45.3 Å². The number of nitrogens with one attached hydrogen (secondary N) is 1. The molecule has 4 aromatic heterocycles. The number of fused-ring (bicyclic) bond motifs is 2. The number of phenolic OH excluding ortho intramolecular Hbond substituents is 1. The highest BCUT2D eigenvalue weighted by Crippen LogP contribution is 2.41. The van der Waals surface area contributed by atoms with Gasteiger partial charge in [-0.25, -0.2) is 9.97 Å². The van der Waals surface area contributed by atoms with E-state index < -0.39 is 18.1 Å². The van der Waals surface area contributed by atoms with Crippen molar-refractivity contribution in [1.29, 1.82) is 0 Å². The molecule has 2 unspecified atom stereocenters. The molecule has 12 rings (SSSR count). The molecule has 5 aliphatic heterocycles. The van der Waals surface area contributed by atoms with E-state index in [0.717, 1.165) is 137 Å². The summed E-state index contributed by atoms with van der Waals surface area (Å²) in [6, 6.07) is 22.8. The SMILES string of the molecule is Cc1ncsc1-c1ccc([C@H](C)NC(=O)[C@@H]2C[C@@H](O)CN2C(=O)[C@@H](c2cc(N3CCN(CCN4CCC(OC5CC(Oc6cc(N7C8CCC7CN(c7cc(-c9ccccc9O)nnc7N)C8)ccn6)C5)CC4)CC3)no2)C(C)C)cc1. The number of rotatable bonds is 18. The predicted molar refractivity (Wildman–Crippen MR) is 315 cm³/mol. The van der Waals surface area contributed by atoms with Crippen LogP contribution in [0.15, 0.2) is 89.0 Å². The Kier molecular flexibility index (Phi) is 16.4. The molecule has 5 N–H and O–H groups in total. The second kappa shape index (κ2) is 24.1. The van der Waals surface area contributed by atoms with Gasteiger partial charge in [-0.15, -0.1) is 21.5 Å². The first-order chi connectivity index (χ1) is 39.8. The van der Waals surface area contributed by atoms with E-state index in [0.29, 0.717) is 46.6 Å². The number of carbonyl (C=O) groups is 2. The molecule has 6 aromatic rings. The molecule has 9 heterocycles. The number of aromatic hydroxyl groups is 1. The summed E-state index contributed by atoms with van der Waals surface area (Å²) in [7, 11) is 0. The van der Waals surface area contributed by atoms with E-state index in [1.165, 1.54) is 4.90 Å². The Morgan fingerprint density at radius 2 is 1.55 bits per heavy atom. The van der Waals surface area contributed by atoms with Crippen LogP contribution in [0.3, 0.4) is 0 Å². The molecule has 0 spiro atoms. The summed E-state index contributed by atoms with van der Waals surface area (Å²) in [4.78, 5) is 52.0. The standard InChI is InChI=1S/C61H77N13O7S/c1-37(2)57(61(78)73-35-45(75)28-52(73)60(77)65-38(3)40-9-11-41(12-10-40)58-39(4)64-36-82-58)54-32-55(68-81-54)71-25-23-70(24-26-71)22-21-69-19-16-46(17-20-69)79-47-29-48(30-47)80-56-27-42(15-18-63-56)74-43-13-14-44(74)34-72(33-43)51-31-50(66-67-59(51)62)49-7-5-6-8-53(49)76/h5-12,15,18,27,31-32,36-38,43-48,52,57,75-76H,13-14,16-17,19-26,28-30,33-35H2,1-4H3,(H2,62,67)(H,65,77)/t38-,43?,44?,45+,47?,48?,52-,57+/m0/s1. The van der Waals surface area contributed by atoms with Gasteiger partial charge in [0.15, 0.2) is 17.4 Å². The zero-order valence-corrected chi connectivity index (χ0v) is 48.2. The average Bonchev–Trinajstić information content (AvgIpc) is 3.82. The maximum atomic E-state index is 14.4. The van der Waals surface area contributed by atoms with Crippen molar-refractivity contribution >= 4 is 46.2 Å². The van der Waals surface area contributed by atoms with Gasteiger partial charge in [0.05, 0.1) is 51.8 Å². The first kappa shape index (κ1) is 55.6. The number of piperidine rings is 1. The third kappa shape index (κ3) is 12.0. The summed E-state index contributed by atoms with van der Waals surface area (Å²) in [5, 5.41) is 37.4. The van der Waals surface area contributed by atoms with Gasteiger partial charge in [-0.3, -0.25) is 14.5 Å². The number of piperazine rings is 2. The van der Waals surface area contributed by atoms with Crippen LogP contribution in [0.2, 0.25) is 0 Å². The number of aryl methyl sites for hydroxylation is 1. The number of nitrogen functional groups attached to an aromatic ring is 1. The average molecular weight is 1140 g/mol. The van der Waals surface area contributed by atoms with Gasteiger partial charge in [0.25, 0.3) is 0 Å². The summed E-state index contributed by atoms with van der Waals surface area (Å²) < 4.78 is 19.0. The monoisotopic (exact) mass is 1140 g/mol. The number of pyridine rings is 1. The number of aliphatic hydroxyl groups excluding tert-OH is 1. The number of phenols is 1. The number of likely N-dealkylation sites (tertiary alicyclic amines) is 2. The number of ether oxygens (including phenoxy) is 2. The highest BCUT2D eigenvalue weighted by Gasteiger charge is 2.45. The third-order valence-corrected chi connectivity index (χ3v) is 18.9. The van der Waals surface area contributed by atoms with E-state index in [-0.39, 0.29) is 60.8 Å². The molecule has 0 radical (unpaired) electrons. The van der Waals surface area contributed by atoms with Crippen LogP contribution in [0, 0.1) is 12.8 Å². The van der Waals surface area contributed by atoms with Gasteiger partial charge in [0.1, 0.15) is 23.8 Å². The number of aliphatic hydroxyl groups is 1. The molecule has 6 atom stereocenters. The van der Waals surface area contributed by atoms with Crippen LogP contribution in [-0.2, 0) is 14.3 Å². The second-order valence-electron chi connectivity index (χ2n) is 23.7. The summed E-state index contributed by atoms with van der Waals surface area (Å²) in [6.45, 7) is 17.0. The van der Waals surface area contributed by atoms with Crippen molar-refractivity contribution < 1.29 is 33.8 Å². The Morgan fingerprint density at radius 3 is 2.26 bits per heavy atom. The topological polar surface area (TPSA) is 228 Å². The van der Waals surface area contributed by atoms with Crippen LogP contribution >= 0.6 is 11.3 Å². The van der Waals surface area contributed by atoms with E-state index in [9.17, 15) is 19.8 Å². The van der Waals surface area contributed by atoms with Crippen LogP contribution in [0.1, 0.15) is 94.7 Å². The molecular formula is C61H77N13O7S. The molecule has 21 heteroatoms. The van der Waals surface area contributed by atoms with Gasteiger partial charge in [-0.1, -0.05) is 55.4 Å². The zero-order chi connectivity index (χ0) is 56.6. The van der Waals surface area contributed by atoms with Crippen LogP contribution in [0.4, 0.5) is 23.0 Å². The lowest BCUT2D eigenvalue weighted by molar-refractivity contribution is -0.141. The lowest BCUT2D eigenvalue weighted by Crippen LogP contribution is -2.54. The molecule has 1 saturated carbocycles. The summed E-state index contributed by atoms with van der Waals surface area (Å²) in [5.41, 5.74) is 14.5. The Bertz CT molecular complexity index is 3160. The van der Waals surface area contributed by atoms with E-state index in [2.05, 4.69) is 67.3 Å². The number of anilines is 4. The minimum absolute atomic E-state index is 0.0816. The van der Waals surface area contributed by atoms with Gasteiger partial charge >= 0.3 is 0 Å². The number of hydrogen-bond acceptors (Lipinski definition) is 19. The number of aromatic nitrogens is 5. The molecule has 5 saturated heterocycles. The molecular weight excluding hydrogens is 1060 g/mol. The lowest BCUT2D eigenvalue weighted by Gasteiger charge is -2.43. The smallest absolute Gasteiger partial charge is 0.243 e. The van der Waals surface area contributed by atoms with Crippen molar-refractivity contribution in [3.8, 4) is 33.3 Å². The number of hydrogen-bond donors (Lipinski definition) is 4. The van der Waals surface area contributed by atoms with Crippen molar-refractivity contribution in [2.75, 3.05) is 92.4 Å². The molecule has 2 aromatic carbocycles. The van der Waals surface area contributed by atoms with Crippen LogP contribution in [0.5, 0.6) is 11.6 Å². The zero-order valence-electron chi connectivity index (χ0n) is 47.4. The van der Waals surface area contributed by atoms with Crippen molar-refractivity contribution in [3.05, 3.63) is 102 Å². The fraction of sp³-hybridized carbons (Fsp3) is 0.525. The van der Waals surface area contributed by atoms with Crippen LogP contribution < -0.4 is 30.5 Å². The largest absolute Gasteiger partial charge is 0.507 e. The number of β-amino-alcohol motifs (C(OH)–C–C–N with tert-alkyl or cyclic N) is 1. The Hall–Kier alpha value is -6.91. The molecule has 2 bridgehead atoms. The maximum absolute atomic E-state index is 14.4. The number of nitrogens with two attached hydrogens (primary N) is 1. The Morgan fingerprint density at radius 1 is 0.817 bits per heavy atom. The van der Waals surface area contributed by atoms with Gasteiger partial charge in [-0.2, -0.15) is 0 Å². The first-order valence-electron chi connectivity index (χ1n) is 29.5. The Balaban J connectivity index is 0.553. The van der Waals surface area contributed by atoms with E-state index in [1.807, 2.05) is 87.9 Å².